The third-order valence-electron chi connectivity index (χ3n) is 5.72. The van der Waals surface area contributed by atoms with E-state index in [9.17, 15) is 4.79 Å². The minimum absolute atomic E-state index is 0.0439. The molecule has 1 N–H and O–H groups in total. The van der Waals surface area contributed by atoms with Gasteiger partial charge in [-0.2, -0.15) is 0 Å². The van der Waals surface area contributed by atoms with Crippen molar-refractivity contribution >= 4 is 34.2 Å². The first-order valence-corrected chi connectivity index (χ1v) is 10.4. The Balaban J connectivity index is 1.32. The number of carbonyl (C=O) groups is 1. The maximum Gasteiger partial charge on any atom is 0.227 e. The lowest BCUT2D eigenvalue weighted by Crippen LogP contribution is -2.32. The number of halogens is 1. The molecule has 150 valence electrons. The Bertz CT molecular complexity index is 980. The summed E-state index contributed by atoms with van der Waals surface area (Å²) in [6, 6.07) is 13.0. The molecule has 5 nitrogen and oxygen atoms in total. The maximum atomic E-state index is 12.6. The highest BCUT2D eigenvalue weighted by molar-refractivity contribution is 6.30. The molecule has 1 fully saturated rings. The average Bonchev–Trinajstić information content (AvgIpc) is 2.75. The SMILES string of the molecule is CC(C(=O)Nc1ccc(Cl)cc1)[C@H]1CC[C@H](Oc2ccnc3ncccc23)CC1. The summed E-state index contributed by atoms with van der Waals surface area (Å²) in [6.45, 7) is 2.01. The second-order valence-electron chi connectivity index (χ2n) is 7.62. The van der Waals surface area contributed by atoms with E-state index in [0.29, 0.717) is 16.6 Å². The van der Waals surface area contributed by atoms with Crippen LogP contribution in [0.4, 0.5) is 5.69 Å². The average molecular weight is 410 g/mol. The van der Waals surface area contributed by atoms with Gasteiger partial charge >= 0.3 is 0 Å². The van der Waals surface area contributed by atoms with E-state index in [-0.39, 0.29) is 17.9 Å². The van der Waals surface area contributed by atoms with Crippen molar-refractivity contribution in [3.05, 3.63) is 59.9 Å². The minimum Gasteiger partial charge on any atom is -0.490 e. The number of hydrogen-bond acceptors (Lipinski definition) is 4. The van der Waals surface area contributed by atoms with Crippen LogP contribution in [0.25, 0.3) is 11.0 Å². The number of rotatable bonds is 5. The van der Waals surface area contributed by atoms with Gasteiger partial charge in [-0.3, -0.25) is 4.79 Å². The largest absolute Gasteiger partial charge is 0.490 e. The summed E-state index contributed by atoms with van der Waals surface area (Å²) in [5.41, 5.74) is 1.48. The first-order valence-electron chi connectivity index (χ1n) is 10.0. The van der Waals surface area contributed by atoms with Crippen molar-refractivity contribution in [2.45, 2.75) is 38.7 Å². The van der Waals surface area contributed by atoms with Gasteiger partial charge in [-0.15, -0.1) is 0 Å². The highest BCUT2D eigenvalue weighted by Crippen LogP contribution is 2.34. The predicted octanol–water partition coefficient (Wildman–Crippen LogP) is 5.50. The normalized spacial score (nSPS) is 20.2. The number of aromatic nitrogens is 2. The molecule has 1 amide bonds. The molecule has 6 heteroatoms. The van der Waals surface area contributed by atoms with E-state index in [0.717, 1.165) is 42.5 Å². The summed E-state index contributed by atoms with van der Waals surface area (Å²) >= 11 is 5.90. The van der Waals surface area contributed by atoms with Gasteiger partial charge in [0.25, 0.3) is 0 Å². The molecule has 2 aromatic heterocycles. The molecule has 0 bridgehead atoms. The number of pyridine rings is 2. The van der Waals surface area contributed by atoms with E-state index in [4.69, 9.17) is 16.3 Å². The zero-order valence-electron chi connectivity index (χ0n) is 16.3. The summed E-state index contributed by atoms with van der Waals surface area (Å²) in [5, 5.41) is 4.59. The Morgan fingerprint density at radius 3 is 2.55 bits per heavy atom. The molecule has 1 saturated carbocycles. The lowest BCUT2D eigenvalue weighted by atomic mass is 9.79. The highest BCUT2D eigenvalue weighted by Gasteiger charge is 2.30. The van der Waals surface area contributed by atoms with Gasteiger partial charge < -0.3 is 10.1 Å². The van der Waals surface area contributed by atoms with Crippen LogP contribution in [-0.2, 0) is 4.79 Å². The number of amides is 1. The van der Waals surface area contributed by atoms with E-state index < -0.39 is 0 Å². The van der Waals surface area contributed by atoms with Gasteiger partial charge in [0.15, 0.2) is 5.65 Å². The fraction of sp³-hybridized carbons (Fsp3) is 0.348. The molecule has 3 aromatic rings. The number of hydrogen-bond donors (Lipinski definition) is 1. The summed E-state index contributed by atoms with van der Waals surface area (Å²) in [6.07, 6.45) is 7.45. The van der Waals surface area contributed by atoms with Crippen molar-refractivity contribution in [3.63, 3.8) is 0 Å². The van der Waals surface area contributed by atoms with Gasteiger partial charge in [0.05, 0.1) is 11.5 Å². The van der Waals surface area contributed by atoms with Crippen LogP contribution in [0.5, 0.6) is 5.75 Å². The monoisotopic (exact) mass is 409 g/mol. The van der Waals surface area contributed by atoms with E-state index in [1.807, 2.05) is 37.3 Å². The van der Waals surface area contributed by atoms with Crippen molar-refractivity contribution in [3.8, 4) is 5.75 Å². The fourth-order valence-electron chi connectivity index (χ4n) is 3.95. The zero-order chi connectivity index (χ0) is 20.2. The van der Waals surface area contributed by atoms with Crippen LogP contribution in [0.3, 0.4) is 0 Å². The van der Waals surface area contributed by atoms with Crippen LogP contribution in [-0.4, -0.2) is 22.0 Å². The van der Waals surface area contributed by atoms with Crippen molar-refractivity contribution < 1.29 is 9.53 Å². The molecular formula is C23H24ClN3O2. The number of fused-ring (bicyclic) bond motifs is 1. The van der Waals surface area contributed by atoms with Gasteiger partial charge in [-0.1, -0.05) is 18.5 Å². The minimum atomic E-state index is -0.0439. The first kappa shape index (κ1) is 19.6. The van der Waals surface area contributed by atoms with Crippen molar-refractivity contribution in [2.75, 3.05) is 5.32 Å². The zero-order valence-corrected chi connectivity index (χ0v) is 17.1. The lowest BCUT2D eigenvalue weighted by Gasteiger charge is -2.32. The van der Waals surface area contributed by atoms with Gasteiger partial charge in [0.1, 0.15) is 5.75 Å². The van der Waals surface area contributed by atoms with E-state index in [1.165, 1.54) is 0 Å². The van der Waals surface area contributed by atoms with Crippen LogP contribution in [0.1, 0.15) is 32.6 Å². The van der Waals surface area contributed by atoms with Crippen LogP contribution in [0.2, 0.25) is 5.02 Å². The third-order valence-corrected chi connectivity index (χ3v) is 5.97. The number of anilines is 1. The predicted molar refractivity (Wildman–Crippen MR) is 115 cm³/mol. The Morgan fingerprint density at radius 2 is 1.79 bits per heavy atom. The number of carbonyl (C=O) groups excluding carboxylic acids is 1. The molecule has 0 saturated heterocycles. The molecule has 0 aliphatic heterocycles. The van der Waals surface area contributed by atoms with Crippen molar-refractivity contribution in [1.82, 2.24) is 9.97 Å². The fourth-order valence-corrected chi connectivity index (χ4v) is 4.08. The van der Waals surface area contributed by atoms with Crippen molar-refractivity contribution in [2.24, 2.45) is 11.8 Å². The quantitative estimate of drug-likeness (QED) is 0.604. The lowest BCUT2D eigenvalue weighted by molar-refractivity contribution is -0.121. The number of ether oxygens (including phenoxy) is 1. The maximum absolute atomic E-state index is 12.6. The van der Waals surface area contributed by atoms with E-state index in [2.05, 4.69) is 15.3 Å². The Kier molecular flexibility index (Phi) is 5.95. The molecule has 1 aliphatic rings. The van der Waals surface area contributed by atoms with E-state index in [1.54, 1.807) is 24.5 Å². The molecule has 1 atom stereocenters. The Labute approximate surface area is 175 Å². The third kappa shape index (κ3) is 4.67. The Morgan fingerprint density at radius 1 is 1.07 bits per heavy atom. The van der Waals surface area contributed by atoms with Crippen LogP contribution >= 0.6 is 11.6 Å². The summed E-state index contributed by atoms with van der Waals surface area (Å²) in [4.78, 5) is 21.2. The van der Waals surface area contributed by atoms with Crippen LogP contribution in [0.15, 0.2) is 54.9 Å². The molecule has 1 aliphatic carbocycles. The van der Waals surface area contributed by atoms with Crippen LogP contribution < -0.4 is 10.1 Å². The topological polar surface area (TPSA) is 64.1 Å². The van der Waals surface area contributed by atoms with Crippen LogP contribution in [0, 0.1) is 11.8 Å². The molecule has 29 heavy (non-hydrogen) atoms. The number of nitrogens with zero attached hydrogens (tertiary/aromatic N) is 2. The summed E-state index contributed by atoms with van der Waals surface area (Å²) < 4.78 is 6.27. The van der Waals surface area contributed by atoms with Gasteiger partial charge in [-0.25, -0.2) is 9.97 Å². The van der Waals surface area contributed by atoms with Gasteiger partial charge in [0.2, 0.25) is 5.91 Å². The van der Waals surface area contributed by atoms with Gasteiger partial charge in [0, 0.05) is 29.0 Å². The number of nitrogens with one attached hydrogen (secondary N) is 1. The molecule has 4 rings (SSSR count). The van der Waals surface area contributed by atoms with Crippen molar-refractivity contribution in [1.29, 1.82) is 0 Å². The standard InChI is InChI=1S/C23H24ClN3O2/c1-15(23(28)27-18-8-6-17(24)7-9-18)16-4-10-19(11-5-16)29-21-12-14-26-22-20(21)3-2-13-25-22/h2-3,6-9,12-16,19H,4-5,10-11H2,1H3,(H,27,28)/t15?,16-,19-. The Hall–Kier alpha value is -2.66. The highest BCUT2D eigenvalue weighted by atomic mass is 35.5. The second-order valence-corrected chi connectivity index (χ2v) is 8.06. The summed E-state index contributed by atoms with van der Waals surface area (Å²) in [7, 11) is 0. The smallest absolute Gasteiger partial charge is 0.227 e. The molecule has 0 spiro atoms. The first-order chi connectivity index (χ1) is 14.1. The summed E-state index contributed by atoms with van der Waals surface area (Å²) in [5.74, 6) is 1.21. The number of benzene rings is 1. The van der Waals surface area contributed by atoms with E-state index >= 15 is 0 Å². The molecule has 0 radical (unpaired) electrons. The molecular weight excluding hydrogens is 386 g/mol. The van der Waals surface area contributed by atoms with Gasteiger partial charge in [-0.05, 0) is 74.1 Å². The second kappa shape index (κ2) is 8.78. The molecule has 1 unspecified atom stereocenters. The molecule has 1 aromatic carbocycles. The molecule has 2 heterocycles.